The highest BCUT2D eigenvalue weighted by molar-refractivity contribution is 5.82. The van der Waals surface area contributed by atoms with Crippen molar-refractivity contribution in [3.8, 4) is 11.5 Å². The summed E-state index contributed by atoms with van der Waals surface area (Å²) in [6.07, 6.45) is 3.98. The molecule has 7 heteroatoms. The lowest BCUT2D eigenvalue weighted by molar-refractivity contribution is -0.121. The zero-order chi connectivity index (χ0) is 19.8. The highest BCUT2D eigenvalue weighted by Gasteiger charge is 2.24. The summed E-state index contributed by atoms with van der Waals surface area (Å²) in [6.45, 7) is 7.75. The Hall–Kier alpha value is -2.57. The second kappa shape index (κ2) is 7.21. The van der Waals surface area contributed by atoms with Gasteiger partial charge in [0, 0.05) is 23.8 Å². The van der Waals surface area contributed by atoms with Crippen LogP contribution in [0.2, 0.25) is 0 Å². The van der Waals surface area contributed by atoms with Gasteiger partial charge in [-0.1, -0.05) is 0 Å². The summed E-state index contributed by atoms with van der Waals surface area (Å²) in [5.74, 6) is 0.806. The number of carbonyl (C=O) groups excluding carboxylic acids is 1. The molecule has 0 aliphatic heterocycles. The monoisotopic (exact) mass is 371 g/mol. The van der Waals surface area contributed by atoms with Crippen LogP contribution in [-0.4, -0.2) is 40.0 Å². The average Bonchev–Trinajstić information content (AvgIpc) is 3.03. The molecule has 0 aromatic carbocycles. The SMILES string of the molecule is Cc1cc(-c2nc3c(c(N(C)CC(=O)NC(C)(C)C)n2)CCC3)ncc1F. The molecule has 1 aliphatic rings. The lowest BCUT2D eigenvalue weighted by atomic mass is 10.1. The van der Waals surface area contributed by atoms with E-state index in [-0.39, 0.29) is 23.8 Å². The van der Waals surface area contributed by atoms with Gasteiger partial charge < -0.3 is 10.2 Å². The lowest BCUT2D eigenvalue weighted by Gasteiger charge is -2.25. The highest BCUT2D eigenvalue weighted by atomic mass is 19.1. The predicted octanol–water partition coefficient (Wildman–Crippen LogP) is 2.83. The summed E-state index contributed by atoms with van der Waals surface area (Å²) in [7, 11) is 1.86. The number of hydrogen-bond acceptors (Lipinski definition) is 5. The molecule has 0 spiro atoms. The standard InChI is InChI=1S/C20H26FN5O/c1-12-9-16(22-10-14(12)21)18-23-15-8-6-7-13(15)19(24-18)26(5)11-17(27)25-20(2,3)4/h9-10H,6-8,11H2,1-5H3,(H,25,27). The maximum atomic E-state index is 13.6. The normalized spacial score (nSPS) is 13.4. The van der Waals surface area contributed by atoms with Crippen molar-refractivity contribution in [2.75, 3.05) is 18.5 Å². The highest BCUT2D eigenvalue weighted by Crippen LogP contribution is 2.30. The number of halogens is 1. The van der Waals surface area contributed by atoms with Gasteiger partial charge in [-0.15, -0.1) is 0 Å². The smallest absolute Gasteiger partial charge is 0.239 e. The van der Waals surface area contributed by atoms with E-state index in [0.717, 1.165) is 36.3 Å². The van der Waals surface area contributed by atoms with Crippen LogP contribution in [0.3, 0.4) is 0 Å². The van der Waals surface area contributed by atoms with Gasteiger partial charge in [0.1, 0.15) is 17.3 Å². The zero-order valence-electron chi connectivity index (χ0n) is 16.6. The summed E-state index contributed by atoms with van der Waals surface area (Å²) in [5.41, 5.74) is 2.83. The van der Waals surface area contributed by atoms with Crippen LogP contribution in [0.25, 0.3) is 11.5 Å². The van der Waals surface area contributed by atoms with Crippen molar-refractivity contribution in [1.82, 2.24) is 20.3 Å². The largest absolute Gasteiger partial charge is 0.350 e. The molecule has 0 bridgehead atoms. The topological polar surface area (TPSA) is 71.0 Å². The van der Waals surface area contributed by atoms with Crippen molar-refractivity contribution in [2.45, 2.75) is 52.5 Å². The van der Waals surface area contributed by atoms with Crippen molar-refractivity contribution in [1.29, 1.82) is 0 Å². The summed E-state index contributed by atoms with van der Waals surface area (Å²) < 4.78 is 13.6. The van der Waals surface area contributed by atoms with Gasteiger partial charge in [-0.05, 0) is 58.6 Å². The van der Waals surface area contributed by atoms with Crippen LogP contribution in [0, 0.1) is 12.7 Å². The lowest BCUT2D eigenvalue weighted by Crippen LogP contribution is -2.45. The van der Waals surface area contributed by atoms with Gasteiger partial charge in [0.15, 0.2) is 5.82 Å². The van der Waals surface area contributed by atoms with E-state index in [1.54, 1.807) is 13.0 Å². The van der Waals surface area contributed by atoms with E-state index < -0.39 is 0 Å². The second-order valence-corrected chi connectivity index (χ2v) is 8.12. The second-order valence-electron chi connectivity index (χ2n) is 8.12. The summed E-state index contributed by atoms with van der Waals surface area (Å²) >= 11 is 0. The van der Waals surface area contributed by atoms with Gasteiger partial charge in [-0.3, -0.25) is 4.79 Å². The number of aryl methyl sites for hydroxylation is 2. The quantitative estimate of drug-likeness (QED) is 0.895. The molecule has 1 N–H and O–H groups in total. The van der Waals surface area contributed by atoms with E-state index in [9.17, 15) is 9.18 Å². The molecule has 0 saturated carbocycles. The zero-order valence-corrected chi connectivity index (χ0v) is 16.6. The molecule has 3 rings (SSSR count). The van der Waals surface area contributed by atoms with Gasteiger partial charge in [-0.2, -0.15) is 0 Å². The van der Waals surface area contributed by atoms with E-state index in [1.165, 1.54) is 6.20 Å². The number of aromatic nitrogens is 3. The predicted molar refractivity (Wildman–Crippen MR) is 103 cm³/mol. The van der Waals surface area contributed by atoms with Crippen molar-refractivity contribution in [3.63, 3.8) is 0 Å². The molecular weight excluding hydrogens is 345 g/mol. The summed E-state index contributed by atoms with van der Waals surface area (Å²) in [4.78, 5) is 27.7. The Balaban J connectivity index is 1.94. The van der Waals surface area contributed by atoms with Crippen LogP contribution < -0.4 is 10.2 Å². The van der Waals surface area contributed by atoms with E-state index in [4.69, 9.17) is 0 Å². The number of fused-ring (bicyclic) bond motifs is 1. The van der Waals surface area contributed by atoms with Crippen LogP contribution in [0.1, 0.15) is 44.0 Å². The van der Waals surface area contributed by atoms with Crippen molar-refractivity contribution < 1.29 is 9.18 Å². The fourth-order valence-electron chi connectivity index (χ4n) is 3.25. The van der Waals surface area contributed by atoms with Gasteiger partial charge in [0.25, 0.3) is 0 Å². The Labute approximate surface area is 159 Å². The Morgan fingerprint density at radius 2 is 2.04 bits per heavy atom. The number of likely N-dealkylation sites (N-methyl/N-ethyl adjacent to an activating group) is 1. The van der Waals surface area contributed by atoms with E-state index in [0.29, 0.717) is 17.1 Å². The van der Waals surface area contributed by atoms with Crippen LogP contribution in [0.4, 0.5) is 10.2 Å². The van der Waals surface area contributed by atoms with Crippen LogP contribution in [0.15, 0.2) is 12.3 Å². The molecule has 27 heavy (non-hydrogen) atoms. The number of nitrogens with one attached hydrogen (secondary N) is 1. The van der Waals surface area contributed by atoms with Gasteiger partial charge >= 0.3 is 0 Å². The Kier molecular flexibility index (Phi) is 5.13. The number of hydrogen-bond donors (Lipinski definition) is 1. The molecule has 2 aromatic rings. The number of carbonyl (C=O) groups is 1. The third kappa shape index (κ3) is 4.40. The molecule has 144 valence electrons. The Bertz CT molecular complexity index is 875. The first-order chi connectivity index (χ1) is 12.6. The Morgan fingerprint density at radius 1 is 1.30 bits per heavy atom. The molecule has 0 saturated heterocycles. The van der Waals surface area contributed by atoms with E-state index in [1.807, 2.05) is 32.7 Å². The minimum absolute atomic E-state index is 0.0624. The number of amides is 1. The molecule has 0 unspecified atom stereocenters. The maximum Gasteiger partial charge on any atom is 0.239 e. The number of rotatable bonds is 4. The molecule has 6 nitrogen and oxygen atoms in total. The van der Waals surface area contributed by atoms with Crippen LogP contribution in [-0.2, 0) is 17.6 Å². The van der Waals surface area contributed by atoms with Crippen LogP contribution in [0.5, 0.6) is 0 Å². The number of pyridine rings is 1. The minimum Gasteiger partial charge on any atom is -0.350 e. The van der Waals surface area contributed by atoms with Gasteiger partial charge in [0.05, 0.1) is 12.7 Å². The fraction of sp³-hybridized carbons (Fsp3) is 0.500. The van der Waals surface area contributed by atoms with Crippen LogP contribution >= 0.6 is 0 Å². The molecule has 2 heterocycles. The van der Waals surface area contributed by atoms with Crippen molar-refractivity contribution in [2.24, 2.45) is 0 Å². The van der Waals surface area contributed by atoms with E-state index >= 15 is 0 Å². The number of anilines is 1. The molecule has 0 atom stereocenters. The van der Waals surface area contributed by atoms with Crippen molar-refractivity contribution >= 4 is 11.7 Å². The van der Waals surface area contributed by atoms with Gasteiger partial charge in [0.2, 0.25) is 5.91 Å². The molecule has 1 amide bonds. The summed E-state index contributed by atoms with van der Waals surface area (Å²) in [5, 5.41) is 2.97. The number of nitrogens with zero attached hydrogens (tertiary/aromatic N) is 4. The first kappa shape index (κ1) is 19.2. The first-order valence-electron chi connectivity index (χ1n) is 9.18. The first-order valence-corrected chi connectivity index (χ1v) is 9.18. The molecular formula is C20H26FN5O. The molecule has 1 aliphatic carbocycles. The molecule has 2 aromatic heterocycles. The van der Waals surface area contributed by atoms with Gasteiger partial charge in [-0.25, -0.2) is 19.3 Å². The van der Waals surface area contributed by atoms with E-state index in [2.05, 4.69) is 20.3 Å². The summed E-state index contributed by atoms with van der Waals surface area (Å²) in [6, 6.07) is 1.65. The third-order valence-corrected chi connectivity index (χ3v) is 4.44. The Morgan fingerprint density at radius 3 is 2.70 bits per heavy atom. The molecule has 0 fully saturated rings. The fourth-order valence-corrected chi connectivity index (χ4v) is 3.25. The third-order valence-electron chi connectivity index (χ3n) is 4.44. The minimum atomic E-state index is -0.351. The van der Waals surface area contributed by atoms with Crippen molar-refractivity contribution in [3.05, 3.63) is 34.9 Å². The maximum absolute atomic E-state index is 13.6. The average molecular weight is 371 g/mol. The molecule has 0 radical (unpaired) electrons.